The molecule has 3 heterocycles. The fraction of sp³-hybridized carbons (Fsp3) is 0.387. The number of benzene rings is 2. The number of alkyl halides is 3. The lowest BCUT2D eigenvalue weighted by atomic mass is 9.80. The number of likely N-dealkylation sites (N-methyl/N-ethyl adjacent to an activating group) is 1. The monoisotopic (exact) mass is 626 g/mol. The Hall–Kier alpha value is -4.77. The Morgan fingerprint density at radius 2 is 1.84 bits per heavy atom. The molecule has 1 fully saturated rings. The Labute approximate surface area is 256 Å². The number of nitriles is 1. The van der Waals surface area contributed by atoms with Crippen LogP contribution < -0.4 is 10.2 Å². The molecule has 2 aliphatic rings. The van der Waals surface area contributed by atoms with E-state index in [9.17, 15) is 37.2 Å². The molecule has 1 N–H and O–H groups in total. The van der Waals surface area contributed by atoms with Crippen LogP contribution in [0.15, 0.2) is 48.5 Å². The van der Waals surface area contributed by atoms with E-state index in [1.165, 1.54) is 47.2 Å². The van der Waals surface area contributed by atoms with Crippen LogP contribution in [0.4, 0.5) is 23.4 Å². The number of carbonyl (C=O) groups excluding carboxylic acids is 3. The number of hydrogen-bond acceptors (Lipinski definition) is 6. The number of amides is 3. The van der Waals surface area contributed by atoms with Crippen LogP contribution >= 0.6 is 0 Å². The fourth-order valence-corrected chi connectivity index (χ4v) is 5.82. The molecule has 236 valence electrons. The predicted octanol–water partition coefficient (Wildman–Crippen LogP) is 4.29. The van der Waals surface area contributed by atoms with Gasteiger partial charge in [-0.15, -0.1) is 0 Å². The van der Waals surface area contributed by atoms with Crippen molar-refractivity contribution >= 4 is 23.5 Å². The second kappa shape index (κ2) is 12.7. The Morgan fingerprint density at radius 3 is 2.47 bits per heavy atom. The number of fused-ring (bicyclic) bond motifs is 1. The minimum atomic E-state index is -4.70. The molecule has 0 radical (unpaired) electrons. The molecule has 10 nitrogen and oxygen atoms in total. The highest BCUT2D eigenvalue weighted by Crippen LogP contribution is 2.45. The van der Waals surface area contributed by atoms with Crippen molar-refractivity contribution in [2.45, 2.75) is 43.9 Å². The van der Waals surface area contributed by atoms with Gasteiger partial charge in [0, 0.05) is 43.9 Å². The van der Waals surface area contributed by atoms with Crippen molar-refractivity contribution in [2.24, 2.45) is 0 Å². The Bertz CT molecular complexity index is 1640. The van der Waals surface area contributed by atoms with Gasteiger partial charge in [0.25, 0.3) is 17.7 Å². The largest absolute Gasteiger partial charge is 0.416 e. The van der Waals surface area contributed by atoms with Crippen molar-refractivity contribution in [3.63, 3.8) is 0 Å². The molecule has 5 rings (SSSR count). The van der Waals surface area contributed by atoms with Gasteiger partial charge in [0.15, 0.2) is 5.69 Å². The first-order chi connectivity index (χ1) is 21.5. The summed E-state index contributed by atoms with van der Waals surface area (Å²) in [6, 6.07) is 9.24. The molecule has 3 amide bonds. The second-order valence-electron chi connectivity index (χ2n) is 10.8. The average molecular weight is 627 g/mol. The smallest absolute Gasteiger partial charge is 0.381 e. The molecular formula is C31H30F4N6O4. The highest BCUT2D eigenvalue weighted by atomic mass is 19.4. The van der Waals surface area contributed by atoms with E-state index in [0.717, 1.165) is 12.1 Å². The van der Waals surface area contributed by atoms with Crippen LogP contribution in [0, 0.1) is 17.1 Å². The van der Waals surface area contributed by atoms with Gasteiger partial charge in [-0.1, -0.05) is 18.2 Å². The molecular weight excluding hydrogens is 596 g/mol. The lowest BCUT2D eigenvalue weighted by Gasteiger charge is -2.39. The van der Waals surface area contributed by atoms with Gasteiger partial charge in [-0.2, -0.15) is 23.5 Å². The molecule has 3 aromatic rings. The normalized spacial score (nSPS) is 18.7. The molecule has 1 aromatic heterocycles. The predicted molar refractivity (Wildman–Crippen MR) is 153 cm³/mol. The highest BCUT2D eigenvalue weighted by molar-refractivity contribution is 6.07. The van der Waals surface area contributed by atoms with Crippen LogP contribution in [0.3, 0.4) is 0 Å². The third-order valence-electron chi connectivity index (χ3n) is 8.03. The van der Waals surface area contributed by atoms with Crippen LogP contribution in [-0.4, -0.2) is 71.8 Å². The Kier molecular flexibility index (Phi) is 8.92. The Morgan fingerprint density at radius 1 is 1.16 bits per heavy atom. The number of nitrogens with one attached hydrogen (secondary N) is 1. The minimum Gasteiger partial charge on any atom is -0.381 e. The van der Waals surface area contributed by atoms with Gasteiger partial charge in [0.2, 0.25) is 0 Å². The topological polar surface area (TPSA) is 121 Å². The van der Waals surface area contributed by atoms with Crippen LogP contribution in [-0.2, 0) is 15.7 Å². The van der Waals surface area contributed by atoms with Crippen LogP contribution in [0.2, 0.25) is 0 Å². The summed E-state index contributed by atoms with van der Waals surface area (Å²) in [5.74, 6) is -3.48. The summed E-state index contributed by atoms with van der Waals surface area (Å²) in [5.41, 5.74) is -0.790. The summed E-state index contributed by atoms with van der Waals surface area (Å²) in [7, 11) is 1.43. The van der Waals surface area contributed by atoms with Crippen molar-refractivity contribution in [1.29, 1.82) is 5.26 Å². The quantitative estimate of drug-likeness (QED) is 0.309. The number of halogens is 4. The molecule has 14 heteroatoms. The first-order valence-electron chi connectivity index (χ1n) is 14.3. The number of hydrogen-bond donors (Lipinski definition) is 1. The summed E-state index contributed by atoms with van der Waals surface area (Å²) in [6.45, 7) is 2.40. The zero-order valence-corrected chi connectivity index (χ0v) is 24.5. The van der Waals surface area contributed by atoms with E-state index in [4.69, 9.17) is 9.84 Å². The van der Waals surface area contributed by atoms with E-state index in [0.29, 0.717) is 43.5 Å². The van der Waals surface area contributed by atoms with Crippen molar-refractivity contribution in [1.82, 2.24) is 20.0 Å². The number of carbonyl (C=O) groups is 3. The number of aromatic nitrogens is 2. The summed E-state index contributed by atoms with van der Waals surface area (Å²) >= 11 is 0. The van der Waals surface area contributed by atoms with Gasteiger partial charge >= 0.3 is 6.18 Å². The fourth-order valence-electron chi connectivity index (χ4n) is 5.82. The van der Waals surface area contributed by atoms with E-state index < -0.39 is 47.2 Å². The van der Waals surface area contributed by atoms with Crippen LogP contribution in [0.1, 0.15) is 69.3 Å². The van der Waals surface area contributed by atoms with Gasteiger partial charge in [0.1, 0.15) is 24.2 Å². The molecule has 0 spiro atoms. The standard InChI is InChI=1S/C31H30F4N6O4/c1-3-40-28-24(26(29(43)39(2)14-13-36)38-41(28)22-11-15-45-16-12-22)23(18-7-9-21(32)10-8-18)25(30(40)44)37-27(42)19-5-4-6-20(17-19)31(33,34)35/h4-10,17,22-23,25H,3,11-12,14-16H2,1-2H3,(H,37,42)/t23-,25-/m0/s1. The number of anilines is 1. The van der Waals surface area contributed by atoms with E-state index in [1.807, 2.05) is 6.07 Å². The van der Waals surface area contributed by atoms with Gasteiger partial charge in [-0.3, -0.25) is 19.3 Å². The van der Waals surface area contributed by atoms with Crippen molar-refractivity contribution in [2.75, 3.05) is 38.3 Å². The number of rotatable bonds is 7. The average Bonchev–Trinajstić information content (AvgIpc) is 3.41. The van der Waals surface area contributed by atoms with Gasteiger partial charge < -0.3 is 15.0 Å². The molecule has 0 saturated carbocycles. The maximum atomic E-state index is 14.3. The van der Waals surface area contributed by atoms with Gasteiger partial charge in [-0.25, -0.2) is 9.07 Å². The highest BCUT2D eigenvalue weighted by Gasteiger charge is 2.48. The first kappa shape index (κ1) is 31.6. The summed E-state index contributed by atoms with van der Waals surface area (Å²) in [6.07, 6.45) is -3.62. The number of nitrogens with zero attached hydrogens (tertiary/aromatic N) is 5. The van der Waals surface area contributed by atoms with E-state index in [-0.39, 0.29) is 36.0 Å². The minimum absolute atomic E-state index is 0.0622. The van der Waals surface area contributed by atoms with Gasteiger partial charge in [0.05, 0.1) is 17.7 Å². The van der Waals surface area contributed by atoms with Crippen molar-refractivity contribution in [3.8, 4) is 6.07 Å². The third-order valence-corrected chi connectivity index (χ3v) is 8.03. The maximum absolute atomic E-state index is 14.3. The molecule has 1 saturated heterocycles. The first-order valence-corrected chi connectivity index (χ1v) is 14.3. The second-order valence-corrected chi connectivity index (χ2v) is 10.8. The molecule has 2 atom stereocenters. The number of ether oxygens (including phenoxy) is 1. The molecule has 0 unspecified atom stereocenters. The molecule has 45 heavy (non-hydrogen) atoms. The van der Waals surface area contributed by atoms with Crippen molar-refractivity contribution < 1.29 is 36.7 Å². The van der Waals surface area contributed by atoms with Gasteiger partial charge in [-0.05, 0) is 55.7 Å². The van der Waals surface area contributed by atoms with E-state index in [2.05, 4.69) is 5.32 Å². The molecule has 2 aliphatic heterocycles. The Balaban J connectivity index is 1.71. The summed E-state index contributed by atoms with van der Waals surface area (Å²) in [5, 5.41) is 16.6. The lowest BCUT2D eigenvalue weighted by Crippen LogP contribution is -2.56. The molecule has 0 bridgehead atoms. The molecule has 0 aliphatic carbocycles. The lowest BCUT2D eigenvalue weighted by molar-refractivity contribution is -0.137. The third kappa shape index (κ3) is 6.12. The summed E-state index contributed by atoms with van der Waals surface area (Å²) < 4.78 is 61.5. The van der Waals surface area contributed by atoms with Crippen LogP contribution in [0.5, 0.6) is 0 Å². The molecule has 2 aromatic carbocycles. The SMILES string of the molecule is CCN1C(=O)[C@@H](NC(=O)c2cccc(C(F)(F)F)c2)[C@@H](c2ccc(F)cc2)c2c(C(=O)N(C)CC#N)nn(C3CCOCC3)c21. The van der Waals surface area contributed by atoms with E-state index in [1.54, 1.807) is 11.6 Å². The zero-order chi connectivity index (χ0) is 32.5. The maximum Gasteiger partial charge on any atom is 0.416 e. The zero-order valence-electron chi connectivity index (χ0n) is 24.5. The van der Waals surface area contributed by atoms with E-state index >= 15 is 0 Å². The van der Waals surface area contributed by atoms with Crippen molar-refractivity contribution in [3.05, 3.63) is 82.3 Å². The summed E-state index contributed by atoms with van der Waals surface area (Å²) in [4.78, 5) is 44.1. The van der Waals surface area contributed by atoms with Crippen LogP contribution in [0.25, 0.3) is 0 Å².